The molecule has 2 aromatic carbocycles. The number of hydrogen-bond donors (Lipinski definition) is 0. The zero-order valence-electron chi connectivity index (χ0n) is 20.8. The van der Waals surface area contributed by atoms with Gasteiger partial charge in [-0.3, -0.25) is 24.1 Å². The molecule has 2 saturated heterocycles. The van der Waals surface area contributed by atoms with Crippen LogP contribution in [-0.4, -0.2) is 23.6 Å². The maximum absolute atomic E-state index is 13.5. The minimum Gasteiger partial charge on any atom is -0.274 e. The summed E-state index contributed by atoms with van der Waals surface area (Å²) in [6.07, 6.45) is 2.45. The fraction of sp³-hybridized carbons (Fsp3) is 0.379. The van der Waals surface area contributed by atoms with Crippen LogP contribution in [0.15, 0.2) is 48.0 Å². The van der Waals surface area contributed by atoms with E-state index in [4.69, 9.17) is 0 Å². The molecule has 35 heavy (non-hydrogen) atoms. The molecule has 6 heteroatoms. The van der Waals surface area contributed by atoms with Crippen molar-refractivity contribution in [1.82, 2.24) is 0 Å². The summed E-state index contributed by atoms with van der Waals surface area (Å²) in [5, 5.41) is 0. The molecule has 5 rings (SSSR count). The van der Waals surface area contributed by atoms with Gasteiger partial charge in [0.05, 0.1) is 29.1 Å². The van der Waals surface area contributed by atoms with Crippen molar-refractivity contribution >= 4 is 35.0 Å². The van der Waals surface area contributed by atoms with E-state index >= 15 is 0 Å². The van der Waals surface area contributed by atoms with Gasteiger partial charge in [0.15, 0.2) is 0 Å². The third-order valence-corrected chi connectivity index (χ3v) is 8.12. The average molecular weight is 471 g/mol. The van der Waals surface area contributed by atoms with E-state index in [1.165, 1.54) is 9.80 Å². The van der Waals surface area contributed by atoms with Gasteiger partial charge in [-0.05, 0) is 93.5 Å². The standard InChI is InChI=1S/C29H30N2O4/c1-15-6-8-21(11-17(15)3)30-25(32)14-23(27(30)33)20-10-19(5)26-24(13-20)28(34)31(29(26)35)22-9-7-16(2)18(4)12-22/h6-12,20,23-24,26H,13-14H2,1-5H3/t20-,23-,24-,26-/m0/s1. The summed E-state index contributed by atoms with van der Waals surface area (Å²) in [7, 11) is 0. The fourth-order valence-corrected chi connectivity index (χ4v) is 5.81. The number of benzene rings is 2. The maximum Gasteiger partial charge on any atom is 0.241 e. The number of allylic oxidation sites excluding steroid dienone is 1. The highest BCUT2D eigenvalue weighted by atomic mass is 16.2. The summed E-state index contributed by atoms with van der Waals surface area (Å²) < 4.78 is 0. The SMILES string of the molecule is CC1=C[C@H]([C@@H]2CC(=O)N(c3ccc(C)c(C)c3)C2=O)C[C@@H]2C(=O)N(c3ccc(C)c(C)c3)C(=O)[C@@H]12. The average Bonchev–Trinajstić information content (AvgIpc) is 3.24. The van der Waals surface area contributed by atoms with Crippen LogP contribution >= 0.6 is 0 Å². The van der Waals surface area contributed by atoms with E-state index in [1.54, 1.807) is 6.07 Å². The Hall–Kier alpha value is -3.54. The molecule has 4 atom stereocenters. The summed E-state index contributed by atoms with van der Waals surface area (Å²) in [5.41, 5.74) is 6.22. The van der Waals surface area contributed by atoms with Gasteiger partial charge in [0.25, 0.3) is 0 Å². The lowest BCUT2D eigenvalue weighted by atomic mass is 9.71. The van der Waals surface area contributed by atoms with Crippen LogP contribution in [0.25, 0.3) is 0 Å². The highest BCUT2D eigenvalue weighted by Gasteiger charge is 2.54. The van der Waals surface area contributed by atoms with Gasteiger partial charge in [-0.25, -0.2) is 4.90 Å². The fourth-order valence-electron chi connectivity index (χ4n) is 5.81. The van der Waals surface area contributed by atoms with Gasteiger partial charge >= 0.3 is 0 Å². The van der Waals surface area contributed by atoms with Crippen molar-refractivity contribution in [3.05, 3.63) is 70.3 Å². The van der Waals surface area contributed by atoms with E-state index in [0.29, 0.717) is 17.8 Å². The van der Waals surface area contributed by atoms with Crippen molar-refractivity contribution in [1.29, 1.82) is 0 Å². The van der Waals surface area contributed by atoms with Crippen LogP contribution in [0.3, 0.4) is 0 Å². The number of aryl methyl sites for hydroxylation is 4. The molecule has 3 aliphatic rings. The molecule has 0 radical (unpaired) electrons. The van der Waals surface area contributed by atoms with Crippen LogP contribution in [0.1, 0.15) is 42.0 Å². The quantitative estimate of drug-likeness (QED) is 0.486. The first-order valence-electron chi connectivity index (χ1n) is 12.2. The number of anilines is 2. The van der Waals surface area contributed by atoms with Crippen LogP contribution in [0.4, 0.5) is 11.4 Å². The number of imide groups is 2. The Labute approximate surface area is 205 Å². The molecular weight excluding hydrogens is 440 g/mol. The molecule has 0 aromatic heterocycles. The molecule has 2 aliphatic heterocycles. The van der Waals surface area contributed by atoms with Gasteiger partial charge in [-0.2, -0.15) is 0 Å². The summed E-state index contributed by atoms with van der Waals surface area (Å²) in [6, 6.07) is 11.2. The second-order valence-electron chi connectivity index (χ2n) is 10.3. The lowest BCUT2D eigenvalue weighted by molar-refractivity contribution is -0.125. The first kappa shape index (κ1) is 23.2. The minimum atomic E-state index is -0.529. The zero-order valence-corrected chi connectivity index (χ0v) is 20.8. The normalized spacial score (nSPS) is 26.5. The van der Waals surface area contributed by atoms with Crippen molar-refractivity contribution in [2.24, 2.45) is 23.7 Å². The van der Waals surface area contributed by atoms with E-state index in [1.807, 2.05) is 71.0 Å². The Kier molecular flexibility index (Phi) is 5.50. The number of carbonyl (C=O) groups excluding carboxylic acids is 4. The van der Waals surface area contributed by atoms with E-state index in [9.17, 15) is 19.2 Å². The Morgan fingerprint density at radius 2 is 1.20 bits per heavy atom. The molecule has 2 aromatic rings. The van der Waals surface area contributed by atoms with Crippen LogP contribution in [0.2, 0.25) is 0 Å². The van der Waals surface area contributed by atoms with Crippen LogP contribution < -0.4 is 9.80 Å². The number of fused-ring (bicyclic) bond motifs is 1. The van der Waals surface area contributed by atoms with Gasteiger partial charge in [0, 0.05) is 6.42 Å². The molecule has 0 saturated carbocycles. The number of rotatable bonds is 3. The number of amides is 4. The molecule has 1 aliphatic carbocycles. The Morgan fingerprint density at radius 1 is 0.657 bits per heavy atom. The molecule has 0 spiro atoms. The van der Waals surface area contributed by atoms with Crippen molar-refractivity contribution in [2.45, 2.75) is 47.5 Å². The monoisotopic (exact) mass is 470 g/mol. The van der Waals surface area contributed by atoms with Crippen LogP contribution in [-0.2, 0) is 19.2 Å². The molecule has 2 heterocycles. The van der Waals surface area contributed by atoms with Gasteiger partial charge in [-0.15, -0.1) is 0 Å². The summed E-state index contributed by atoms with van der Waals surface area (Å²) in [5.74, 6) is -2.69. The van der Waals surface area contributed by atoms with Gasteiger partial charge in [-0.1, -0.05) is 23.8 Å². The Balaban J connectivity index is 1.42. The minimum absolute atomic E-state index is 0.112. The highest BCUT2D eigenvalue weighted by Crippen LogP contribution is 2.46. The van der Waals surface area contributed by atoms with Gasteiger partial charge in [0.2, 0.25) is 23.6 Å². The molecule has 0 bridgehead atoms. The van der Waals surface area contributed by atoms with Crippen molar-refractivity contribution in [3.63, 3.8) is 0 Å². The molecule has 0 unspecified atom stereocenters. The molecular formula is C29H30N2O4. The third-order valence-electron chi connectivity index (χ3n) is 8.12. The number of carbonyl (C=O) groups is 4. The number of nitrogens with zero attached hydrogens (tertiary/aromatic N) is 2. The first-order valence-corrected chi connectivity index (χ1v) is 12.2. The van der Waals surface area contributed by atoms with Gasteiger partial charge < -0.3 is 0 Å². The van der Waals surface area contributed by atoms with Crippen LogP contribution in [0, 0.1) is 51.4 Å². The summed E-state index contributed by atoms with van der Waals surface area (Å²) in [4.78, 5) is 55.7. The van der Waals surface area contributed by atoms with Gasteiger partial charge in [0.1, 0.15) is 0 Å². The van der Waals surface area contributed by atoms with E-state index in [2.05, 4.69) is 0 Å². The van der Waals surface area contributed by atoms with E-state index in [-0.39, 0.29) is 36.0 Å². The molecule has 2 fully saturated rings. The second kappa shape index (κ2) is 8.29. The van der Waals surface area contributed by atoms with E-state index in [0.717, 1.165) is 27.8 Å². The summed E-state index contributed by atoms with van der Waals surface area (Å²) >= 11 is 0. The van der Waals surface area contributed by atoms with Crippen molar-refractivity contribution in [3.8, 4) is 0 Å². The number of hydrogen-bond acceptors (Lipinski definition) is 4. The maximum atomic E-state index is 13.5. The van der Waals surface area contributed by atoms with E-state index < -0.39 is 17.8 Å². The molecule has 6 nitrogen and oxygen atoms in total. The second-order valence-corrected chi connectivity index (χ2v) is 10.3. The summed E-state index contributed by atoms with van der Waals surface area (Å²) in [6.45, 7) is 9.76. The van der Waals surface area contributed by atoms with Crippen molar-refractivity contribution < 1.29 is 19.2 Å². The highest BCUT2D eigenvalue weighted by molar-refractivity contribution is 6.23. The third kappa shape index (κ3) is 3.63. The zero-order chi connectivity index (χ0) is 25.2. The Bertz CT molecular complexity index is 1320. The molecule has 0 N–H and O–H groups in total. The lowest BCUT2D eigenvalue weighted by Crippen LogP contribution is -2.35. The molecule has 180 valence electrons. The van der Waals surface area contributed by atoms with Crippen molar-refractivity contribution in [2.75, 3.05) is 9.80 Å². The smallest absolute Gasteiger partial charge is 0.241 e. The largest absolute Gasteiger partial charge is 0.274 e. The predicted molar refractivity (Wildman–Crippen MR) is 134 cm³/mol. The Morgan fingerprint density at radius 3 is 1.77 bits per heavy atom. The molecule has 4 amide bonds. The lowest BCUT2D eigenvalue weighted by Gasteiger charge is -2.29. The topological polar surface area (TPSA) is 74.8 Å². The predicted octanol–water partition coefficient (Wildman–Crippen LogP) is 4.57. The first-order chi connectivity index (χ1) is 16.6. The van der Waals surface area contributed by atoms with Crippen LogP contribution in [0.5, 0.6) is 0 Å².